The van der Waals surface area contributed by atoms with E-state index >= 15 is 0 Å². The van der Waals surface area contributed by atoms with Crippen molar-refractivity contribution in [2.24, 2.45) is 0 Å². The minimum atomic E-state index is -0.585. The molecule has 176 valence electrons. The van der Waals surface area contributed by atoms with Gasteiger partial charge in [0.1, 0.15) is 11.5 Å². The SMILES string of the molecule is O=C1NC(=O)/C(=C/c2cnn3c(NC4CC4)nc(NCc4ccc(F)cc4-c4cn[nH]c4)nc23)N1. The number of aromatic amines is 1. The Morgan fingerprint density at radius 1 is 1.17 bits per heavy atom. The summed E-state index contributed by atoms with van der Waals surface area (Å²) >= 11 is 0. The summed E-state index contributed by atoms with van der Waals surface area (Å²) in [6.45, 7) is 0.322. The van der Waals surface area contributed by atoms with Gasteiger partial charge in [-0.05, 0) is 42.2 Å². The van der Waals surface area contributed by atoms with Gasteiger partial charge in [0.25, 0.3) is 5.91 Å². The number of urea groups is 1. The van der Waals surface area contributed by atoms with Crippen LogP contribution in [0, 0.1) is 5.82 Å². The first-order valence-corrected chi connectivity index (χ1v) is 10.9. The van der Waals surface area contributed by atoms with Crippen LogP contribution in [0.3, 0.4) is 0 Å². The van der Waals surface area contributed by atoms with Gasteiger partial charge < -0.3 is 16.0 Å². The number of halogens is 1. The Kier molecular flexibility index (Phi) is 4.87. The zero-order valence-electron chi connectivity index (χ0n) is 18.2. The number of hydrogen-bond donors (Lipinski definition) is 5. The van der Waals surface area contributed by atoms with Crippen molar-refractivity contribution in [1.29, 1.82) is 0 Å². The number of H-pyrrole nitrogens is 1. The minimum Gasteiger partial charge on any atom is -0.351 e. The molecular weight excluding hydrogens is 455 g/mol. The lowest BCUT2D eigenvalue weighted by molar-refractivity contribution is -0.115. The average molecular weight is 474 g/mol. The number of amides is 3. The number of hydrogen-bond acceptors (Lipinski definition) is 8. The number of benzene rings is 1. The summed E-state index contributed by atoms with van der Waals surface area (Å²) in [5.74, 6) is -0.0541. The van der Waals surface area contributed by atoms with E-state index in [0.717, 1.165) is 24.0 Å². The van der Waals surface area contributed by atoms with Gasteiger partial charge in [-0.2, -0.15) is 24.7 Å². The third-order valence-corrected chi connectivity index (χ3v) is 5.64. The molecule has 5 N–H and O–H groups in total. The van der Waals surface area contributed by atoms with Crippen LogP contribution >= 0.6 is 0 Å². The molecule has 1 aliphatic heterocycles. The van der Waals surface area contributed by atoms with E-state index in [9.17, 15) is 14.0 Å². The molecule has 1 aliphatic carbocycles. The van der Waals surface area contributed by atoms with Crippen LogP contribution in [0.25, 0.3) is 22.9 Å². The number of fused-ring (bicyclic) bond motifs is 1. The normalized spacial score (nSPS) is 16.5. The minimum absolute atomic E-state index is 0.103. The molecule has 1 saturated heterocycles. The number of imide groups is 1. The van der Waals surface area contributed by atoms with Gasteiger partial charge in [-0.25, -0.2) is 9.18 Å². The molecule has 4 heterocycles. The molecule has 2 aliphatic rings. The Morgan fingerprint density at radius 2 is 2.06 bits per heavy atom. The number of rotatable bonds is 7. The lowest BCUT2D eigenvalue weighted by atomic mass is 10.0. The molecule has 1 aromatic carbocycles. The molecule has 0 bridgehead atoms. The Hall–Kier alpha value is -4.81. The van der Waals surface area contributed by atoms with E-state index in [1.54, 1.807) is 29.2 Å². The standard InChI is InChI=1S/C22H19FN10O2/c23-14-2-1-11(16(6-14)13-8-25-26-9-13)7-24-20-30-18-12(5-17-19(34)31-22(35)29-17)10-27-33(18)21(32-20)28-15-3-4-15/h1-2,5-6,8-10,15H,3-4,7H2,(H,25,26)(H2,24,28,30,32)(H2,29,31,34,35)/b17-5-. The van der Waals surface area contributed by atoms with E-state index in [4.69, 9.17) is 0 Å². The maximum atomic E-state index is 13.9. The van der Waals surface area contributed by atoms with Gasteiger partial charge >= 0.3 is 6.03 Å². The summed E-state index contributed by atoms with van der Waals surface area (Å²) in [5, 5.41) is 22.2. The van der Waals surface area contributed by atoms with Crippen molar-refractivity contribution in [3.8, 4) is 11.1 Å². The Balaban J connectivity index is 1.35. The van der Waals surface area contributed by atoms with Gasteiger partial charge in [-0.1, -0.05) is 6.07 Å². The second kappa shape index (κ2) is 8.20. The molecule has 0 atom stereocenters. The van der Waals surface area contributed by atoms with E-state index in [1.807, 2.05) is 0 Å². The number of aromatic nitrogens is 6. The zero-order valence-corrected chi connectivity index (χ0v) is 18.2. The summed E-state index contributed by atoms with van der Waals surface area (Å²) in [4.78, 5) is 32.6. The molecule has 1 saturated carbocycles. The van der Waals surface area contributed by atoms with Crippen LogP contribution in [0.5, 0.6) is 0 Å². The van der Waals surface area contributed by atoms with Crippen LogP contribution in [0.4, 0.5) is 21.1 Å². The zero-order chi connectivity index (χ0) is 23.9. The van der Waals surface area contributed by atoms with Crippen molar-refractivity contribution in [1.82, 2.24) is 40.4 Å². The number of carbonyl (C=O) groups is 2. The highest BCUT2D eigenvalue weighted by atomic mass is 19.1. The average Bonchev–Trinajstić information content (AvgIpc) is 3.19. The van der Waals surface area contributed by atoms with Crippen molar-refractivity contribution in [3.05, 3.63) is 59.4 Å². The van der Waals surface area contributed by atoms with E-state index in [1.165, 1.54) is 18.2 Å². The molecule has 35 heavy (non-hydrogen) atoms. The van der Waals surface area contributed by atoms with E-state index < -0.39 is 11.9 Å². The van der Waals surface area contributed by atoms with Crippen molar-refractivity contribution >= 4 is 35.6 Å². The first-order valence-electron chi connectivity index (χ1n) is 10.9. The molecular formula is C22H19FN10O2. The highest BCUT2D eigenvalue weighted by Gasteiger charge is 2.26. The number of anilines is 2. The third kappa shape index (κ3) is 4.14. The Labute approximate surface area is 197 Å². The van der Waals surface area contributed by atoms with Crippen LogP contribution in [0.15, 0.2) is 42.5 Å². The molecule has 3 amide bonds. The second-order valence-electron chi connectivity index (χ2n) is 8.23. The predicted molar refractivity (Wildman–Crippen MR) is 123 cm³/mol. The molecule has 12 nitrogen and oxygen atoms in total. The van der Waals surface area contributed by atoms with Crippen molar-refractivity contribution in [2.45, 2.75) is 25.4 Å². The molecule has 0 radical (unpaired) electrons. The highest BCUT2D eigenvalue weighted by molar-refractivity contribution is 6.14. The van der Waals surface area contributed by atoms with Crippen LogP contribution in [0.1, 0.15) is 24.0 Å². The monoisotopic (exact) mass is 474 g/mol. The molecule has 6 rings (SSSR count). The van der Waals surface area contributed by atoms with Crippen molar-refractivity contribution < 1.29 is 14.0 Å². The number of nitrogens with zero attached hydrogens (tertiary/aromatic N) is 5. The fourth-order valence-corrected chi connectivity index (χ4v) is 3.76. The Bertz CT molecular complexity index is 1490. The topological polar surface area (TPSA) is 154 Å². The Morgan fingerprint density at radius 3 is 2.80 bits per heavy atom. The van der Waals surface area contributed by atoms with Gasteiger partial charge in [0, 0.05) is 29.9 Å². The van der Waals surface area contributed by atoms with Crippen LogP contribution in [-0.2, 0) is 11.3 Å². The smallest absolute Gasteiger partial charge is 0.326 e. The highest BCUT2D eigenvalue weighted by Crippen LogP contribution is 2.27. The first-order chi connectivity index (χ1) is 17.0. The second-order valence-corrected chi connectivity index (χ2v) is 8.23. The van der Waals surface area contributed by atoms with E-state index in [2.05, 4.69) is 46.5 Å². The fraction of sp³-hybridized carbons (Fsp3) is 0.182. The lowest BCUT2D eigenvalue weighted by Gasteiger charge is -2.12. The van der Waals surface area contributed by atoms with Gasteiger partial charge in [-0.3, -0.25) is 15.2 Å². The van der Waals surface area contributed by atoms with Crippen molar-refractivity contribution in [3.63, 3.8) is 0 Å². The molecule has 2 fully saturated rings. The summed E-state index contributed by atoms with van der Waals surface area (Å²) in [5.41, 5.74) is 3.36. The quantitative estimate of drug-likeness (QED) is 0.201. The largest absolute Gasteiger partial charge is 0.351 e. The molecule has 0 spiro atoms. The maximum Gasteiger partial charge on any atom is 0.326 e. The summed E-state index contributed by atoms with van der Waals surface area (Å²) in [6.07, 6.45) is 8.44. The van der Waals surface area contributed by atoms with E-state index in [0.29, 0.717) is 41.3 Å². The van der Waals surface area contributed by atoms with Gasteiger partial charge in [0.05, 0.1) is 12.4 Å². The van der Waals surface area contributed by atoms with Crippen LogP contribution < -0.4 is 21.3 Å². The third-order valence-electron chi connectivity index (χ3n) is 5.64. The summed E-state index contributed by atoms with van der Waals surface area (Å²) in [7, 11) is 0. The van der Waals surface area contributed by atoms with Crippen LogP contribution in [-0.4, -0.2) is 47.8 Å². The molecule has 4 aromatic rings. The van der Waals surface area contributed by atoms with Crippen LogP contribution in [0.2, 0.25) is 0 Å². The van der Waals surface area contributed by atoms with Gasteiger partial charge in [0.2, 0.25) is 11.9 Å². The van der Waals surface area contributed by atoms with E-state index in [-0.39, 0.29) is 11.5 Å². The summed E-state index contributed by atoms with van der Waals surface area (Å²) < 4.78 is 15.5. The predicted octanol–water partition coefficient (Wildman–Crippen LogP) is 2.02. The maximum absolute atomic E-state index is 13.9. The molecule has 0 unspecified atom stereocenters. The first kappa shape index (κ1) is 20.8. The molecule has 3 aromatic heterocycles. The number of nitrogens with one attached hydrogen (secondary N) is 5. The molecule has 13 heteroatoms. The summed E-state index contributed by atoms with van der Waals surface area (Å²) in [6, 6.07) is 4.26. The fourth-order valence-electron chi connectivity index (χ4n) is 3.76. The van der Waals surface area contributed by atoms with Crippen molar-refractivity contribution in [2.75, 3.05) is 10.6 Å². The number of carbonyl (C=O) groups excluding carboxylic acids is 2. The van der Waals surface area contributed by atoms with Gasteiger partial charge in [-0.15, -0.1) is 0 Å². The lowest BCUT2D eigenvalue weighted by Crippen LogP contribution is -2.22. The van der Waals surface area contributed by atoms with Gasteiger partial charge in [0.15, 0.2) is 5.65 Å².